The average Bonchev–Trinajstić information content (AvgIpc) is 2.77. The maximum atomic E-state index is 11.9. The number of rotatable bonds is 7. The van der Waals surface area contributed by atoms with Crippen molar-refractivity contribution in [1.29, 1.82) is 0 Å². The van der Waals surface area contributed by atoms with E-state index in [9.17, 15) is 13.2 Å². The number of cyclic esters (lactones) is 1. The van der Waals surface area contributed by atoms with Crippen LogP contribution in [0.2, 0.25) is 0 Å². The molecule has 1 aromatic carbocycles. The number of esters is 1. The number of hydrogen-bond donors (Lipinski definition) is 0. The van der Waals surface area contributed by atoms with Crippen molar-refractivity contribution in [3.63, 3.8) is 0 Å². The molecule has 1 atom stereocenters. The van der Waals surface area contributed by atoms with Gasteiger partial charge in [0.2, 0.25) is 0 Å². The van der Waals surface area contributed by atoms with Crippen LogP contribution in [0.4, 0.5) is 0 Å². The first-order chi connectivity index (χ1) is 10.4. The normalized spacial score (nSPS) is 18.5. The van der Waals surface area contributed by atoms with Gasteiger partial charge in [-0.3, -0.25) is 4.18 Å². The zero-order valence-electron chi connectivity index (χ0n) is 12.6. The van der Waals surface area contributed by atoms with Crippen LogP contribution in [0.3, 0.4) is 0 Å². The summed E-state index contributed by atoms with van der Waals surface area (Å²) in [4.78, 5) is 11.3. The third kappa shape index (κ3) is 4.42. The van der Waals surface area contributed by atoms with Crippen LogP contribution in [0.5, 0.6) is 0 Å². The lowest BCUT2D eigenvalue weighted by Gasteiger charge is -2.09. The first-order valence-electron chi connectivity index (χ1n) is 7.23. The van der Waals surface area contributed by atoms with Gasteiger partial charge in [0.15, 0.2) is 0 Å². The van der Waals surface area contributed by atoms with E-state index in [4.69, 9.17) is 8.92 Å². The first-order valence-corrected chi connectivity index (χ1v) is 8.64. The molecule has 2 rings (SSSR count). The predicted molar refractivity (Wildman–Crippen MR) is 81.8 cm³/mol. The molecule has 0 saturated carbocycles. The molecule has 0 bridgehead atoms. The second-order valence-electron chi connectivity index (χ2n) is 5.42. The molecule has 5 nitrogen and oxygen atoms in total. The van der Waals surface area contributed by atoms with Crippen molar-refractivity contribution in [2.75, 3.05) is 6.61 Å². The highest BCUT2D eigenvalue weighted by molar-refractivity contribution is 7.86. The van der Waals surface area contributed by atoms with Gasteiger partial charge < -0.3 is 4.74 Å². The zero-order chi connectivity index (χ0) is 16.2. The number of ether oxygens (including phenoxy) is 1. The summed E-state index contributed by atoms with van der Waals surface area (Å²) in [6, 6.07) is 6.54. The molecular weight excluding hydrogens is 304 g/mol. The third-order valence-corrected chi connectivity index (χ3v) is 4.83. The Labute approximate surface area is 131 Å². The number of carbonyl (C=O) groups is 1. The van der Waals surface area contributed by atoms with Crippen LogP contribution in [0.15, 0.2) is 41.3 Å². The molecule has 0 aliphatic carbocycles. The van der Waals surface area contributed by atoms with Crippen LogP contribution in [0, 0.1) is 6.92 Å². The summed E-state index contributed by atoms with van der Waals surface area (Å²) in [7, 11) is -3.69. The summed E-state index contributed by atoms with van der Waals surface area (Å²) in [5, 5.41) is 0. The SMILES string of the molecule is C=C1CC(CCCCOS(=O)(=O)c2ccc(C)cc2)OC1=O. The molecule has 22 heavy (non-hydrogen) atoms. The molecule has 0 amide bonds. The smallest absolute Gasteiger partial charge is 0.333 e. The fraction of sp³-hybridized carbons (Fsp3) is 0.438. The number of carbonyl (C=O) groups excluding carboxylic acids is 1. The Hall–Kier alpha value is -1.66. The number of hydrogen-bond acceptors (Lipinski definition) is 5. The molecular formula is C16H20O5S. The molecule has 6 heteroatoms. The van der Waals surface area contributed by atoms with Gasteiger partial charge in [-0.05, 0) is 38.3 Å². The molecule has 1 heterocycles. The largest absolute Gasteiger partial charge is 0.459 e. The molecule has 1 aliphatic heterocycles. The minimum absolute atomic E-state index is 0.123. The summed E-state index contributed by atoms with van der Waals surface area (Å²) >= 11 is 0. The molecule has 1 aromatic rings. The van der Waals surface area contributed by atoms with Crippen molar-refractivity contribution in [3.8, 4) is 0 Å². The summed E-state index contributed by atoms with van der Waals surface area (Å²) < 4.78 is 34.0. The quantitative estimate of drug-likeness (QED) is 0.334. The maximum Gasteiger partial charge on any atom is 0.333 e. The monoisotopic (exact) mass is 324 g/mol. The summed E-state index contributed by atoms with van der Waals surface area (Å²) in [6.45, 7) is 5.64. The summed E-state index contributed by atoms with van der Waals surface area (Å²) in [5.41, 5.74) is 1.50. The number of unbranched alkanes of at least 4 members (excludes halogenated alkanes) is 1. The fourth-order valence-corrected chi connectivity index (χ4v) is 3.15. The van der Waals surface area contributed by atoms with E-state index in [1.54, 1.807) is 12.1 Å². The Morgan fingerprint density at radius 1 is 1.27 bits per heavy atom. The van der Waals surface area contributed by atoms with Crippen molar-refractivity contribution >= 4 is 16.1 Å². The van der Waals surface area contributed by atoms with Gasteiger partial charge >= 0.3 is 5.97 Å². The van der Waals surface area contributed by atoms with Crippen molar-refractivity contribution in [3.05, 3.63) is 42.0 Å². The standard InChI is InChI=1S/C16H20O5S/c1-12-6-8-15(9-7-12)22(18,19)20-10-4-3-5-14-11-13(2)16(17)21-14/h6-9,14H,2-5,10-11H2,1H3. The molecule has 1 unspecified atom stereocenters. The van der Waals surface area contributed by atoms with Gasteiger partial charge in [-0.1, -0.05) is 24.3 Å². The van der Waals surface area contributed by atoms with Gasteiger partial charge in [-0.15, -0.1) is 0 Å². The molecule has 120 valence electrons. The van der Waals surface area contributed by atoms with E-state index in [2.05, 4.69) is 6.58 Å². The van der Waals surface area contributed by atoms with E-state index >= 15 is 0 Å². The van der Waals surface area contributed by atoms with Gasteiger partial charge in [0, 0.05) is 12.0 Å². The fourth-order valence-electron chi connectivity index (χ4n) is 2.21. The van der Waals surface area contributed by atoms with Crippen molar-refractivity contribution < 1.29 is 22.1 Å². The van der Waals surface area contributed by atoms with E-state index in [0.29, 0.717) is 24.8 Å². The van der Waals surface area contributed by atoms with Crippen LogP contribution in [-0.2, 0) is 23.8 Å². The van der Waals surface area contributed by atoms with E-state index in [1.807, 2.05) is 6.92 Å². The van der Waals surface area contributed by atoms with Crippen LogP contribution in [0.1, 0.15) is 31.2 Å². The molecule has 1 aliphatic rings. The highest BCUT2D eigenvalue weighted by atomic mass is 32.2. The minimum Gasteiger partial charge on any atom is -0.459 e. The van der Waals surface area contributed by atoms with Crippen LogP contribution < -0.4 is 0 Å². The number of benzene rings is 1. The first kappa shape index (κ1) is 16.7. The van der Waals surface area contributed by atoms with Crippen molar-refractivity contribution in [2.45, 2.75) is 43.6 Å². The van der Waals surface area contributed by atoms with Gasteiger partial charge in [0.05, 0.1) is 11.5 Å². The molecule has 1 saturated heterocycles. The average molecular weight is 324 g/mol. The lowest BCUT2D eigenvalue weighted by atomic mass is 10.1. The van der Waals surface area contributed by atoms with E-state index < -0.39 is 10.1 Å². The minimum atomic E-state index is -3.69. The van der Waals surface area contributed by atoms with E-state index in [-0.39, 0.29) is 23.6 Å². The topological polar surface area (TPSA) is 69.7 Å². The second kappa shape index (κ2) is 7.07. The number of aryl methyl sites for hydroxylation is 1. The molecule has 1 fully saturated rings. The summed E-state index contributed by atoms with van der Waals surface area (Å²) in [6.07, 6.45) is 2.44. The van der Waals surface area contributed by atoms with E-state index in [0.717, 1.165) is 12.0 Å². The lowest BCUT2D eigenvalue weighted by Crippen LogP contribution is -2.09. The lowest BCUT2D eigenvalue weighted by molar-refractivity contribution is -0.139. The van der Waals surface area contributed by atoms with Gasteiger partial charge in [0.1, 0.15) is 6.10 Å². The Balaban J connectivity index is 1.71. The predicted octanol–water partition coefficient (Wildman–Crippen LogP) is 2.74. The van der Waals surface area contributed by atoms with Gasteiger partial charge in [0.25, 0.3) is 10.1 Å². The van der Waals surface area contributed by atoms with Crippen molar-refractivity contribution in [2.24, 2.45) is 0 Å². The van der Waals surface area contributed by atoms with Crippen molar-refractivity contribution in [1.82, 2.24) is 0 Å². The second-order valence-corrected chi connectivity index (χ2v) is 7.04. The van der Waals surface area contributed by atoms with Gasteiger partial charge in [-0.2, -0.15) is 8.42 Å². The Bertz CT molecular complexity index is 630. The van der Waals surface area contributed by atoms with Crippen LogP contribution in [-0.4, -0.2) is 27.1 Å². The maximum absolute atomic E-state index is 11.9. The third-order valence-electron chi connectivity index (χ3n) is 3.51. The van der Waals surface area contributed by atoms with Crippen LogP contribution >= 0.6 is 0 Å². The van der Waals surface area contributed by atoms with Gasteiger partial charge in [-0.25, -0.2) is 4.79 Å². The highest BCUT2D eigenvalue weighted by Crippen LogP contribution is 2.22. The molecule has 0 spiro atoms. The zero-order valence-corrected chi connectivity index (χ0v) is 13.4. The van der Waals surface area contributed by atoms with E-state index in [1.165, 1.54) is 12.1 Å². The molecule has 0 radical (unpaired) electrons. The summed E-state index contributed by atoms with van der Waals surface area (Å²) in [5.74, 6) is -0.330. The van der Waals surface area contributed by atoms with Crippen LogP contribution in [0.25, 0.3) is 0 Å². The Morgan fingerprint density at radius 3 is 2.55 bits per heavy atom. The Morgan fingerprint density at radius 2 is 1.95 bits per heavy atom. The highest BCUT2D eigenvalue weighted by Gasteiger charge is 2.26. The molecule has 0 aromatic heterocycles. The Kier molecular flexibility index (Phi) is 5.37. The molecule has 0 N–H and O–H groups in total.